The van der Waals surface area contributed by atoms with Crippen molar-refractivity contribution in [2.75, 3.05) is 6.61 Å². The summed E-state index contributed by atoms with van der Waals surface area (Å²) in [6.07, 6.45) is 3.40. The Morgan fingerprint density at radius 3 is 2.28 bits per heavy atom. The van der Waals surface area contributed by atoms with Crippen molar-refractivity contribution in [3.63, 3.8) is 0 Å². The van der Waals surface area contributed by atoms with E-state index in [9.17, 15) is 14.7 Å². The van der Waals surface area contributed by atoms with Gasteiger partial charge in [0.25, 0.3) is 0 Å². The van der Waals surface area contributed by atoms with Crippen LogP contribution >= 0.6 is 0 Å². The molecule has 0 radical (unpaired) electrons. The topological polar surface area (TPSA) is 86.6 Å². The summed E-state index contributed by atoms with van der Waals surface area (Å²) in [7, 11) is 0. The standard InChI is InChI=1S/C13H23NO4/c1-12(2,7-8-15)14-10(16)9-13(11(17)18)5-3-4-6-13/h15H,3-9H2,1-2H3,(H,14,16)(H,17,18). The van der Waals surface area contributed by atoms with Gasteiger partial charge in [-0.2, -0.15) is 0 Å². The molecule has 0 unspecified atom stereocenters. The molecular formula is C13H23NO4. The zero-order valence-corrected chi connectivity index (χ0v) is 11.2. The molecule has 3 N–H and O–H groups in total. The number of aliphatic carboxylic acids is 1. The minimum Gasteiger partial charge on any atom is -0.481 e. The van der Waals surface area contributed by atoms with Gasteiger partial charge in [-0.25, -0.2) is 0 Å². The average molecular weight is 257 g/mol. The fourth-order valence-corrected chi connectivity index (χ4v) is 2.59. The number of carboxylic acid groups (broad SMARTS) is 1. The summed E-state index contributed by atoms with van der Waals surface area (Å²) < 4.78 is 0. The minimum atomic E-state index is -0.876. The molecule has 1 aliphatic rings. The smallest absolute Gasteiger partial charge is 0.310 e. The number of hydrogen-bond acceptors (Lipinski definition) is 3. The van der Waals surface area contributed by atoms with Gasteiger partial charge in [0.1, 0.15) is 0 Å². The Hall–Kier alpha value is -1.10. The summed E-state index contributed by atoms with van der Waals surface area (Å²) in [6, 6.07) is 0. The average Bonchev–Trinajstić information content (AvgIpc) is 2.65. The third-order valence-corrected chi connectivity index (χ3v) is 3.73. The molecule has 0 bridgehead atoms. The van der Waals surface area contributed by atoms with E-state index in [4.69, 9.17) is 5.11 Å². The lowest BCUT2D eigenvalue weighted by molar-refractivity contribution is -0.151. The van der Waals surface area contributed by atoms with E-state index in [0.717, 1.165) is 12.8 Å². The highest BCUT2D eigenvalue weighted by Gasteiger charge is 2.43. The van der Waals surface area contributed by atoms with Crippen LogP contribution in [0.25, 0.3) is 0 Å². The number of carboxylic acids is 1. The molecule has 1 aliphatic carbocycles. The Bertz CT molecular complexity index is 319. The zero-order chi connectivity index (χ0) is 13.8. The largest absolute Gasteiger partial charge is 0.481 e. The molecule has 1 amide bonds. The molecule has 0 spiro atoms. The Morgan fingerprint density at radius 2 is 1.83 bits per heavy atom. The molecule has 0 aromatic carbocycles. The van der Waals surface area contributed by atoms with Crippen LogP contribution in [0.1, 0.15) is 52.4 Å². The fraction of sp³-hybridized carbons (Fsp3) is 0.846. The summed E-state index contributed by atoms with van der Waals surface area (Å²) >= 11 is 0. The summed E-state index contributed by atoms with van der Waals surface area (Å²) in [5.41, 5.74) is -1.37. The Balaban J connectivity index is 2.60. The summed E-state index contributed by atoms with van der Waals surface area (Å²) in [5.74, 6) is -1.10. The van der Waals surface area contributed by atoms with Crippen LogP contribution in [0.2, 0.25) is 0 Å². The van der Waals surface area contributed by atoms with Crippen LogP contribution in [0.15, 0.2) is 0 Å². The second-order valence-corrected chi connectivity index (χ2v) is 5.88. The quantitative estimate of drug-likeness (QED) is 0.669. The first kappa shape index (κ1) is 15.0. The van der Waals surface area contributed by atoms with E-state index in [1.54, 1.807) is 0 Å². The number of carbonyl (C=O) groups is 2. The van der Waals surface area contributed by atoms with Crippen molar-refractivity contribution in [2.24, 2.45) is 5.41 Å². The highest BCUT2D eigenvalue weighted by atomic mass is 16.4. The number of nitrogens with one attached hydrogen (secondary N) is 1. The number of rotatable bonds is 6. The van der Waals surface area contributed by atoms with Crippen LogP contribution in [0.3, 0.4) is 0 Å². The van der Waals surface area contributed by atoms with Gasteiger partial charge < -0.3 is 15.5 Å². The normalized spacial score (nSPS) is 18.6. The number of carbonyl (C=O) groups excluding carboxylic acids is 1. The molecule has 5 nitrogen and oxygen atoms in total. The van der Waals surface area contributed by atoms with E-state index < -0.39 is 16.9 Å². The van der Waals surface area contributed by atoms with Crippen LogP contribution in [0.5, 0.6) is 0 Å². The van der Waals surface area contributed by atoms with E-state index in [0.29, 0.717) is 19.3 Å². The SMILES string of the molecule is CC(C)(CCO)NC(=O)CC1(C(=O)O)CCCC1. The van der Waals surface area contributed by atoms with Crippen LogP contribution < -0.4 is 5.32 Å². The monoisotopic (exact) mass is 257 g/mol. The minimum absolute atomic E-state index is 0.00263. The molecule has 0 aromatic heterocycles. The van der Waals surface area contributed by atoms with Gasteiger partial charge in [-0.1, -0.05) is 12.8 Å². The van der Waals surface area contributed by atoms with Gasteiger partial charge in [0.2, 0.25) is 5.91 Å². The molecule has 1 rings (SSSR count). The first-order valence-corrected chi connectivity index (χ1v) is 6.47. The third-order valence-electron chi connectivity index (χ3n) is 3.73. The highest BCUT2D eigenvalue weighted by molar-refractivity contribution is 5.85. The van der Waals surface area contributed by atoms with Crippen molar-refractivity contribution < 1.29 is 19.8 Å². The van der Waals surface area contributed by atoms with Gasteiger partial charge in [-0.05, 0) is 33.1 Å². The lowest BCUT2D eigenvalue weighted by Crippen LogP contribution is -2.46. The van der Waals surface area contributed by atoms with Crippen molar-refractivity contribution >= 4 is 11.9 Å². The second kappa shape index (κ2) is 5.69. The predicted molar refractivity (Wildman–Crippen MR) is 67.1 cm³/mol. The Kier molecular flexibility index (Phi) is 4.73. The maximum absolute atomic E-state index is 11.9. The maximum Gasteiger partial charge on any atom is 0.310 e. The van der Waals surface area contributed by atoms with Crippen LogP contribution in [0.4, 0.5) is 0 Å². The number of amides is 1. The first-order chi connectivity index (χ1) is 8.31. The molecule has 0 heterocycles. The van der Waals surface area contributed by atoms with E-state index >= 15 is 0 Å². The number of aliphatic hydroxyl groups excluding tert-OH is 1. The highest BCUT2D eigenvalue weighted by Crippen LogP contribution is 2.41. The molecule has 1 fully saturated rings. The van der Waals surface area contributed by atoms with Crippen molar-refractivity contribution in [2.45, 2.75) is 57.9 Å². The number of hydrogen-bond donors (Lipinski definition) is 3. The summed E-state index contributed by atoms with van der Waals surface area (Å²) in [6.45, 7) is 3.64. The van der Waals surface area contributed by atoms with Gasteiger partial charge in [-0.3, -0.25) is 9.59 Å². The predicted octanol–water partition coefficient (Wildman–Crippen LogP) is 1.30. The molecular weight excluding hydrogens is 234 g/mol. The van der Waals surface area contributed by atoms with Crippen LogP contribution in [0, 0.1) is 5.41 Å². The third kappa shape index (κ3) is 3.70. The van der Waals surface area contributed by atoms with Crippen molar-refractivity contribution in [1.82, 2.24) is 5.32 Å². The Labute approximate surface area is 108 Å². The van der Waals surface area contributed by atoms with Crippen molar-refractivity contribution in [1.29, 1.82) is 0 Å². The van der Waals surface area contributed by atoms with Gasteiger partial charge >= 0.3 is 5.97 Å². The molecule has 0 saturated heterocycles. The van der Waals surface area contributed by atoms with E-state index in [-0.39, 0.29) is 18.9 Å². The fourth-order valence-electron chi connectivity index (χ4n) is 2.59. The van der Waals surface area contributed by atoms with E-state index in [2.05, 4.69) is 5.32 Å². The number of aliphatic hydroxyl groups is 1. The molecule has 0 aromatic rings. The molecule has 1 saturated carbocycles. The van der Waals surface area contributed by atoms with E-state index in [1.165, 1.54) is 0 Å². The van der Waals surface area contributed by atoms with Gasteiger partial charge in [-0.15, -0.1) is 0 Å². The lowest BCUT2D eigenvalue weighted by atomic mass is 9.82. The second-order valence-electron chi connectivity index (χ2n) is 5.88. The van der Waals surface area contributed by atoms with Crippen LogP contribution in [-0.2, 0) is 9.59 Å². The van der Waals surface area contributed by atoms with Crippen LogP contribution in [-0.4, -0.2) is 34.2 Å². The van der Waals surface area contributed by atoms with Gasteiger partial charge in [0.15, 0.2) is 0 Å². The molecule has 0 aliphatic heterocycles. The zero-order valence-electron chi connectivity index (χ0n) is 11.2. The van der Waals surface area contributed by atoms with Gasteiger partial charge in [0.05, 0.1) is 5.41 Å². The van der Waals surface area contributed by atoms with Gasteiger partial charge in [0, 0.05) is 18.6 Å². The van der Waals surface area contributed by atoms with Crippen molar-refractivity contribution in [3.05, 3.63) is 0 Å². The maximum atomic E-state index is 11.9. The van der Waals surface area contributed by atoms with Crippen molar-refractivity contribution in [3.8, 4) is 0 Å². The lowest BCUT2D eigenvalue weighted by Gasteiger charge is -2.29. The molecule has 0 atom stereocenters. The van der Waals surface area contributed by atoms with E-state index in [1.807, 2.05) is 13.8 Å². The summed E-state index contributed by atoms with van der Waals surface area (Å²) in [4.78, 5) is 23.3. The molecule has 104 valence electrons. The summed E-state index contributed by atoms with van der Waals surface area (Å²) in [5, 5.41) is 21.0. The molecule has 5 heteroatoms. The molecule has 18 heavy (non-hydrogen) atoms. The first-order valence-electron chi connectivity index (χ1n) is 6.47. The Morgan fingerprint density at radius 1 is 1.28 bits per heavy atom.